The van der Waals surface area contributed by atoms with E-state index in [2.05, 4.69) is 417 Å². The van der Waals surface area contributed by atoms with E-state index in [-0.39, 0.29) is 139 Å². The van der Waals surface area contributed by atoms with E-state index in [1.807, 2.05) is 103 Å². The first-order valence-electron chi connectivity index (χ1n) is 56.4. The maximum absolute atomic E-state index is 12.5. The average Bonchev–Trinajstić information content (AvgIpc) is 0.695. The van der Waals surface area contributed by atoms with E-state index in [1.54, 1.807) is 24.3 Å². The van der Waals surface area contributed by atoms with Gasteiger partial charge in [0.25, 0.3) is 0 Å². The number of hydroxylamine groups is 10. The molecule has 0 bridgehead atoms. The summed E-state index contributed by atoms with van der Waals surface area (Å²) in [5.41, 5.74) is 11.3. The summed E-state index contributed by atoms with van der Waals surface area (Å²) in [5, 5.41) is 20.7. The molecular weight excluding hydrogens is 1860 g/mol. The number of ether oxygens (including phenoxy) is 2. The van der Waals surface area contributed by atoms with Crippen molar-refractivity contribution < 1.29 is 48.4 Å². The standard InChI is InChI=1S/C28H48N2O2.C25H33NO2.C24H33NO2.C22H31NO.C17H27NO2.C17H27NO/c1-21(31-29-25(3,4)17-11-18-26(29,5)6)23-13-15-24(16-14-23)22(2)32-30-27(7,8)19-12-20-28(30,9)10;1-24(2)16-11-17-25(3,4)26(24)18-22(20-12-7-5-8-13-20)19-28-23(27)21-14-9-6-10-15-21;1-23(2,3)25(24(4,5)6)17-21(19-13-9-7-10-14-19)18-27-22(26)20-15-11-8-12-16-20;1-17(2)21(20-15-11-8-12-16-20)23(22(4,5)6)24-18(3)19-13-9-7-10-14-19;1-16(2)11-8-12-17(3,4)18(16)20-15(13-19)14-9-6-5-7-10-14;1-14(15-10-7-6-8-11-15)19-18-16(2,3)12-9-13-17(18,4)5/h13-16,21-22H,11-12,17-20H2,1-10H3;5-10,12-15,22H,11,16-19H2,1-4H3;7-16,21H,17-18H2,1-6H3;7-18,21H,1-6H3;5-7,9-10,15,19H,8,11-13H2,1-4H3;6-8,10-11,14H,9,12-13H2,1-5H3. The molecule has 17 heteroatoms. The number of hydrogen-bond donors (Lipinski definition) is 1. The summed E-state index contributed by atoms with van der Waals surface area (Å²) in [6.45, 7) is 81.3. The highest BCUT2D eigenvalue weighted by Gasteiger charge is 2.50. The normalized spacial score (nSPS) is 20.4. The van der Waals surface area contributed by atoms with Crippen molar-refractivity contribution in [2.24, 2.45) is 5.92 Å². The maximum Gasteiger partial charge on any atom is 0.338 e. The van der Waals surface area contributed by atoms with Crippen LogP contribution in [-0.2, 0) is 33.7 Å². The maximum atomic E-state index is 12.5. The van der Waals surface area contributed by atoms with E-state index < -0.39 is 0 Å². The molecule has 0 spiro atoms. The van der Waals surface area contributed by atoms with Gasteiger partial charge in [0.15, 0.2) is 0 Å². The predicted molar refractivity (Wildman–Crippen MR) is 622 cm³/mol. The number of likely N-dealkylation sites (tertiary alicyclic amines) is 1. The molecule has 5 saturated heterocycles. The van der Waals surface area contributed by atoms with Crippen molar-refractivity contribution >= 4 is 11.9 Å². The van der Waals surface area contributed by atoms with Gasteiger partial charge in [0, 0.05) is 96.9 Å². The molecule has 5 aliphatic rings. The molecule has 0 aromatic heterocycles. The number of esters is 2. The van der Waals surface area contributed by atoms with E-state index in [4.69, 9.17) is 33.7 Å². The average molecular weight is 2060 g/mol. The summed E-state index contributed by atoms with van der Waals surface area (Å²) in [5.74, 6) is 0.172. The third kappa shape index (κ3) is 36.3. The molecule has 0 aliphatic carbocycles. The van der Waals surface area contributed by atoms with Crippen LogP contribution in [0.1, 0.15) is 452 Å². The Morgan fingerprint density at radius 1 is 0.293 bits per heavy atom. The lowest BCUT2D eigenvalue weighted by molar-refractivity contribution is -0.311. The summed E-state index contributed by atoms with van der Waals surface area (Å²) in [6, 6.07) is 89.7. The van der Waals surface area contributed by atoms with E-state index in [0.717, 1.165) is 31.5 Å². The van der Waals surface area contributed by atoms with Crippen molar-refractivity contribution in [1.82, 2.24) is 35.1 Å². The Balaban J connectivity index is 0.000000201. The predicted octanol–water partition coefficient (Wildman–Crippen LogP) is 33.5. The lowest BCUT2D eigenvalue weighted by Crippen LogP contribution is -2.59. The summed E-state index contributed by atoms with van der Waals surface area (Å²) in [6.07, 6.45) is 17.8. The summed E-state index contributed by atoms with van der Waals surface area (Å²) < 4.78 is 11.5. The number of carbonyl (C=O) groups excluding carboxylic acids is 2. The van der Waals surface area contributed by atoms with Crippen LogP contribution in [0.2, 0.25) is 0 Å². The fourth-order valence-corrected chi connectivity index (χ4v) is 23.7. The Labute approximate surface area is 910 Å². The highest BCUT2D eigenvalue weighted by molar-refractivity contribution is 5.89. The fourth-order valence-electron chi connectivity index (χ4n) is 23.7. The van der Waals surface area contributed by atoms with Gasteiger partial charge < -0.3 is 14.6 Å². The van der Waals surface area contributed by atoms with Crippen molar-refractivity contribution in [2.45, 2.75) is 459 Å². The van der Waals surface area contributed by atoms with Gasteiger partial charge >= 0.3 is 11.9 Å². The van der Waals surface area contributed by atoms with E-state index in [9.17, 15) is 14.7 Å². The molecule has 5 fully saturated rings. The van der Waals surface area contributed by atoms with Gasteiger partial charge in [-0.05, 0) is 399 Å². The molecule has 8 atom stereocenters. The van der Waals surface area contributed by atoms with Crippen molar-refractivity contribution in [1.29, 1.82) is 0 Å². The number of piperidine rings is 5. The molecule has 0 saturated carbocycles. The monoisotopic (exact) mass is 2050 g/mol. The first-order chi connectivity index (χ1) is 70.0. The van der Waals surface area contributed by atoms with Crippen LogP contribution < -0.4 is 0 Å². The first-order valence-corrected chi connectivity index (χ1v) is 56.4. The van der Waals surface area contributed by atoms with Crippen molar-refractivity contribution in [2.75, 3.05) is 32.9 Å². The van der Waals surface area contributed by atoms with Gasteiger partial charge in [0.2, 0.25) is 0 Å². The Kier molecular flexibility index (Phi) is 45.1. The van der Waals surface area contributed by atoms with Gasteiger partial charge in [-0.25, -0.2) is 9.59 Å². The topological polar surface area (TPSA) is 142 Å². The van der Waals surface area contributed by atoms with Crippen LogP contribution in [0, 0.1) is 5.92 Å². The smallest absolute Gasteiger partial charge is 0.338 e. The molecule has 9 aromatic rings. The van der Waals surface area contributed by atoms with Crippen molar-refractivity contribution in [3.8, 4) is 0 Å². The Hall–Kier alpha value is -8.60. The van der Waals surface area contributed by atoms with E-state index >= 15 is 0 Å². The quantitative estimate of drug-likeness (QED) is 0.0325. The van der Waals surface area contributed by atoms with Crippen LogP contribution in [-0.4, -0.2) is 157 Å². The minimum Gasteiger partial charge on any atom is -0.461 e. The molecule has 1 N–H and O–H groups in total. The second kappa shape index (κ2) is 54.2. The van der Waals surface area contributed by atoms with Gasteiger partial charge in [-0.3, -0.25) is 34.0 Å². The van der Waals surface area contributed by atoms with Gasteiger partial charge in [0.1, 0.15) is 30.5 Å². The number of nitrogens with zero attached hydrogens (tertiary/aromatic N) is 7. The third-order valence-corrected chi connectivity index (χ3v) is 31.3. The van der Waals surface area contributed by atoms with Crippen molar-refractivity contribution in [3.63, 3.8) is 0 Å². The minimum atomic E-state index is -0.298. The molecule has 17 nitrogen and oxygen atoms in total. The van der Waals surface area contributed by atoms with Crippen LogP contribution in [0.25, 0.3) is 0 Å². The highest BCUT2D eigenvalue weighted by Crippen LogP contribution is 2.48. The fraction of sp³-hybridized carbons (Fsp3) is 0.579. The molecule has 0 amide bonds. The van der Waals surface area contributed by atoms with E-state index in [1.165, 1.54) is 122 Å². The Bertz CT molecular complexity index is 5250. The molecule has 826 valence electrons. The lowest BCUT2D eigenvalue weighted by atomic mass is 9.78. The summed E-state index contributed by atoms with van der Waals surface area (Å²) in [7, 11) is 0. The zero-order valence-electron chi connectivity index (χ0n) is 99.5. The highest BCUT2D eigenvalue weighted by atomic mass is 16.7. The van der Waals surface area contributed by atoms with Crippen LogP contribution >= 0.6 is 0 Å². The number of aliphatic hydroxyl groups excluding tert-OH is 1. The number of benzene rings is 9. The van der Waals surface area contributed by atoms with Crippen LogP contribution in [0.4, 0.5) is 0 Å². The zero-order valence-corrected chi connectivity index (χ0v) is 99.5. The first kappa shape index (κ1) is 125. The second-order valence-electron chi connectivity index (χ2n) is 52.5. The lowest BCUT2D eigenvalue weighted by Gasteiger charge is -2.54. The van der Waals surface area contributed by atoms with Crippen LogP contribution in [0.15, 0.2) is 267 Å². The van der Waals surface area contributed by atoms with Gasteiger partial charge in [-0.15, -0.1) is 0 Å². The molecule has 0 radical (unpaired) electrons. The summed E-state index contributed by atoms with van der Waals surface area (Å²) >= 11 is 0. The number of aliphatic hydroxyl groups is 1. The number of hydrogen-bond acceptors (Lipinski definition) is 17. The molecule has 5 aliphatic heterocycles. The van der Waals surface area contributed by atoms with E-state index in [0.29, 0.717) is 30.3 Å². The number of carbonyl (C=O) groups is 2. The van der Waals surface area contributed by atoms with Gasteiger partial charge in [0.05, 0.1) is 37.0 Å². The third-order valence-electron chi connectivity index (χ3n) is 31.3. The van der Waals surface area contributed by atoms with Crippen LogP contribution in [0.3, 0.4) is 0 Å². The molecule has 14 rings (SSSR count). The summed E-state index contributed by atoms with van der Waals surface area (Å²) in [4.78, 5) is 62.3. The SMILES string of the molecule is CC(C)(C)N(CC(COC(=O)c1ccccc1)c1ccccc1)C(C)(C)C.CC(ON(C(c1ccccc1)C(C)C)C(C)(C)C)c1ccccc1.CC(ON1C(C)(C)CCCC1(C)C)c1ccc(C(C)ON2C(C)(C)CCCC2(C)C)cc1.CC(ON1C(C)(C)CCCC1(C)C)c1ccccc1.CC1(C)CCCC(C)(C)N1CC(COC(=O)c1ccccc1)c1ccccc1.CC1(C)CCCC(C)(C)N1OC(CO)c1ccccc1. The second-order valence-corrected chi connectivity index (χ2v) is 52.5. The molecule has 8 unspecified atom stereocenters. The number of rotatable bonds is 31. The Morgan fingerprint density at radius 2 is 0.533 bits per heavy atom. The molecule has 9 aromatic carbocycles. The van der Waals surface area contributed by atoms with Crippen LogP contribution in [0.5, 0.6) is 0 Å². The Morgan fingerprint density at radius 3 is 0.813 bits per heavy atom. The van der Waals surface area contributed by atoms with Gasteiger partial charge in [-0.2, -0.15) is 25.3 Å². The zero-order chi connectivity index (χ0) is 111. The van der Waals surface area contributed by atoms with Crippen molar-refractivity contribution in [3.05, 3.63) is 323 Å². The molecular formula is C133H199N7O10. The molecule has 150 heavy (non-hydrogen) atoms. The molecule has 5 heterocycles. The largest absolute Gasteiger partial charge is 0.461 e. The minimum absolute atomic E-state index is 0.00727. The van der Waals surface area contributed by atoms with Gasteiger partial charge in [-0.1, -0.05) is 257 Å².